The summed E-state index contributed by atoms with van der Waals surface area (Å²) in [5, 5.41) is 0. The van der Waals surface area contributed by atoms with Crippen molar-refractivity contribution in [2.24, 2.45) is 17.3 Å². The smallest absolute Gasteiger partial charge is 0.109 e. The molecule has 0 aromatic heterocycles. The summed E-state index contributed by atoms with van der Waals surface area (Å²) in [5.41, 5.74) is 0.129. The first-order chi connectivity index (χ1) is 8.94. The first-order valence-electron chi connectivity index (χ1n) is 7.52. The minimum atomic E-state index is -0.151. The van der Waals surface area contributed by atoms with Crippen LogP contribution in [0.25, 0.3) is 0 Å². The summed E-state index contributed by atoms with van der Waals surface area (Å²) in [4.78, 5) is 0. The average Bonchev–Trinajstić information content (AvgIpc) is 2.26. The molecule has 0 aromatic carbocycles. The van der Waals surface area contributed by atoms with E-state index in [1.165, 1.54) is 32.1 Å². The van der Waals surface area contributed by atoms with Crippen LogP contribution in [0.2, 0.25) is 0 Å². The highest BCUT2D eigenvalue weighted by atomic mass is 16.5. The zero-order chi connectivity index (χ0) is 13.7. The van der Waals surface area contributed by atoms with E-state index in [4.69, 9.17) is 9.47 Å². The second kappa shape index (κ2) is 4.04. The van der Waals surface area contributed by atoms with Crippen LogP contribution < -0.4 is 0 Å². The van der Waals surface area contributed by atoms with Crippen LogP contribution >= 0.6 is 0 Å². The second-order valence-corrected chi connectivity index (χ2v) is 7.50. The summed E-state index contributed by atoms with van der Waals surface area (Å²) in [6.07, 6.45) is 10.7. The molecular weight excluding hydrogens is 236 g/mol. The Hall–Kier alpha value is -0.920. The molecule has 4 fully saturated rings. The van der Waals surface area contributed by atoms with Crippen molar-refractivity contribution < 1.29 is 9.47 Å². The summed E-state index contributed by atoms with van der Waals surface area (Å²) < 4.78 is 11.9. The molecule has 2 heteroatoms. The SMILES string of the molecule is C=COC12CC3CC(C1)CC(C(C)(C)OC=C)(C3)C2. The highest BCUT2D eigenvalue weighted by molar-refractivity contribution is 5.14. The largest absolute Gasteiger partial charge is 0.496 e. The molecule has 0 saturated heterocycles. The molecule has 0 heterocycles. The topological polar surface area (TPSA) is 18.5 Å². The van der Waals surface area contributed by atoms with Crippen molar-refractivity contribution in [2.45, 2.75) is 63.6 Å². The quantitative estimate of drug-likeness (QED) is 0.683. The minimum absolute atomic E-state index is 0.0354. The fraction of sp³-hybridized carbons (Fsp3) is 0.765. The van der Waals surface area contributed by atoms with Gasteiger partial charge in [0.05, 0.1) is 12.5 Å². The van der Waals surface area contributed by atoms with Gasteiger partial charge in [-0.1, -0.05) is 13.2 Å². The number of rotatable bonds is 5. The molecule has 106 valence electrons. The summed E-state index contributed by atoms with van der Waals surface area (Å²) >= 11 is 0. The molecule has 0 amide bonds. The summed E-state index contributed by atoms with van der Waals surface area (Å²) in [7, 11) is 0. The van der Waals surface area contributed by atoms with Gasteiger partial charge in [0.25, 0.3) is 0 Å². The first-order valence-corrected chi connectivity index (χ1v) is 7.52. The van der Waals surface area contributed by atoms with E-state index in [-0.39, 0.29) is 16.6 Å². The summed E-state index contributed by atoms with van der Waals surface area (Å²) in [6, 6.07) is 0. The van der Waals surface area contributed by atoms with Crippen molar-refractivity contribution in [3.05, 3.63) is 25.7 Å². The van der Waals surface area contributed by atoms with Crippen LogP contribution in [0.5, 0.6) is 0 Å². The van der Waals surface area contributed by atoms with Gasteiger partial charge in [-0.25, -0.2) is 0 Å². The molecule has 2 unspecified atom stereocenters. The van der Waals surface area contributed by atoms with Gasteiger partial charge in [-0.15, -0.1) is 0 Å². The molecule has 0 N–H and O–H groups in total. The van der Waals surface area contributed by atoms with Crippen molar-refractivity contribution in [3.8, 4) is 0 Å². The molecule has 4 aliphatic rings. The number of hydrogen-bond acceptors (Lipinski definition) is 2. The van der Waals surface area contributed by atoms with E-state index < -0.39 is 0 Å². The van der Waals surface area contributed by atoms with E-state index in [0.29, 0.717) is 0 Å². The van der Waals surface area contributed by atoms with Crippen molar-refractivity contribution in [1.29, 1.82) is 0 Å². The fourth-order valence-electron chi connectivity index (χ4n) is 5.53. The Kier molecular flexibility index (Phi) is 2.78. The van der Waals surface area contributed by atoms with Gasteiger partial charge in [-0.3, -0.25) is 0 Å². The molecule has 0 spiro atoms. The van der Waals surface area contributed by atoms with Crippen molar-refractivity contribution in [2.75, 3.05) is 0 Å². The first kappa shape index (κ1) is 13.1. The Morgan fingerprint density at radius 2 is 1.68 bits per heavy atom. The van der Waals surface area contributed by atoms with Crippen molar-refractivity contribution >= 4 is 0 Å². The number of hydrogen-bond donors (Lipinski definition) is 0. The maximum Gasteiger partial charge on any atom is 0.109 e. The van der Waals surface area contributed by atoms with E-state index >= 15 is 0 Å². The van der Waals surface area contributed by atoms with E-state index in [2.05, 4.69) is 27.0 Å². The van der Waals surface area contributed by atoms with Crippen LogP contribution in [0.4, 0.5) is 0 Å². The average molecular weight is 262 g/mol. The van der Waals surface area contributed by atoms with E-state index in [0.717, 1.165) is 18.3 Å². The molecular formula is C17H26O2. The Morgan fingerprint density at radius 3 is 2.21 bits per heavy atom. The zero-order valence-electron chi connectivity index (χ0n) is 12.3. The third-order valence-corrected chi connectivity index (χ3v) is 6.00. The van der Waals surface area contributed by atoms with E-state index in [1.807, 2.05) is 0 Å². The lowest BCUT2D eigenvalue weighted by Gasteiger charge is -2.64. The summed E-state index contributed by atoms with van der Waals surface area (Å²) in [6.45, 7) is 12.0. The minimum Gasteiger partial charge on any atom is -0.496 e. The van der Waals surface area contributed by atoms with Gasteiger partial charge in [-0.2, -0.15) is 0 Å². The second-order valence-electron chi connectivity index (χ2n) is 7.50. The molecule has 19 heavy (non-hydrogen) atoms. The Balaban J connectivity index is 1.95. The van der Waals surface area contributed by atoms with Crippen LogP contribution in [-0.2, 0) is 9.47 Å². The van der Waals surface area contributed by atoms with Gasteiger partial charge < -0.3 is 9.47 Å². The van der Waals surface area contributed by atoms with Crippen LogP contribution in [-0.4, -0.2) is 11.2 Å². The number of ether oxygens (including phenoxy) is 2. The lowest BCUT2D eigenvalue weighted by atomic mass is 9.44. The molecule has 4 aliphatic carbocycles. The van der Waals surface area contributed by atoms with Gasteiger partial charge in [0.15, 0.2) is 0 Å². The van der Waals surface area contributed by atoms with Crippen LogP contribution in [0.1, 0.15) is 52.4 Å². The fourth-order valence-corrected chi connectivity index (χ4v) is 5.53. The molecule has 0 aliphatic heterocycles. The normalized spacial score (nSPS) is 43.9. The van der Waals surface area contributed by atoms with Gasteiger partial charge in [0.2, 0.25) is 0 Å². The highest BCUT2D eigenvalue weighted by Crippen LogP contribution is 2.66. The molecule has 2 nitrogen and oxygen atoms in total. The van der Waals surface area contributed by atoms with Gasteiger partial charge in [0, 0.05) is 5.41 Å². The lowest BCUT2D eigenvalue weighted by Crippen LogP contribution is -2.62. The maximum absolute atomic E-state index is 6.02. The predicted molar refractivity (Wildman–Crippen MR) is 76.5 cm³/mol. The maximum atomic E-state index is 6.02. The van der Waals surface area contributed by atoms with Crippen molar-refractivity contribution in [1.82, 2.24) is 0 Å². The third-order valence-electron chi connectivity index (χ3n) is 6.00. The monoisotopic (exact) mass is 262 g/mol. The van der Waals surface area contributed by atoms with Crippen LogP contribution in [0, 0.1) is 17.3 Å². The van der Waals surface area contributed by atoms with Gasteiger partial charge >= 0.3 is 0 Å². The molecule has 0 radical (unpaired) electrons. The third kappa shape index (κ3) is 1.83. The lowest BCUT2D eigenvalue weighted by molar-refractivity contribution is -0.223. The van der Waals surface area contributed by atoms with Gasteiger partial charge in [-0.05, 0) is 64.2 Å². The summed E-state index contributed by atoms with van der Waals surface area (Å²) in [5.74, 6) is 1.60. The molecule has 0 aromatic rings. The predicted octanol–water partition coefficient (Wildman–Crippen LogP) is 4.42. The van der Waals surface area contributed by atoms with Crippen LogP contribution in [0.15, 0.2) is 25.7 Å². The van der Waals surface area contributed by atoms with E-state index in [1.54, 1.807) is 12.5 Å². The Bertz CT molecular complexity index is 382. The van der Waals surface area contributed by atoms with E-state index in [9.17, 15) is 0 Å². The molecule has 4 bridgehead atoms. The van der Waals surface area contributed by atoms with Crippen LogP contribution in [0.3, 0.4) is 0 Å². The molecule has 2 atom stereocenters. The van der Waals surface area contributed by atoms with Crippen molar-refractivity contribution in [3.63, 3.8) is 0 Å². The zero-order valence-corrected chi connectivity index (χ0v) is 12.3. The molecule has 4 saturated carbocycles. The standard InChI is InChI=1S/C17H26O2/c1-5-18-15(3,4)16-8-13-7-14(9-16)11-17(10-13,12-16)19-6-2/h5-6,13-14H,1-2,7-12H2,3-4H3. The highest BCUT2D eigenvalue weighted by Gasteiger charge is 2.64. The Morgan fingerprint density at radius 1 is 1.05 bits per heavy atom. The van der Waals surface area contributed by atoms with Gasteiger partial charge in [0.1, 0.15) is 11.2 Å². The Labute approximate surface area is 116 Å². The molecule has 4 rings (SSSR count).